The summed E-state index contributed by atoms with van der Waals surface area (Å²) in [6.07, 6.45) is 2.33. The van der Waals surface area contributed by atoms with Gasteiger partial charge in [0, 0.05) is 18.2 Å². The van der Waals surface area contributed by atoms with Gasteiger partial charge in [0.1, 0.15) is 0 Å². The summed E-state index contributed by atoms with van der Waals surface area (Å²) in [6.45, 7) is 6.16. The highest BCUT2D eigenvalue weighted by atomic mass is 35.5. The van der Waals surface area contributed by atoms with Gasteiger partial charge < -0.3 is 9.84 Å². The van der Waals surface area contributed by atoms with E-state index in [1.54, 1.807) is 0 Å². The molecule has 6 heteroatoms. The van der Waals surface area contributed by atoms with Gasteiger partial charge in [0.2, 0.25) is 11.7 Å². The Morgan fingerprint density at radius 3 is 2.82 bits per heavy atom. The van der Waals surface area contributed by atoms with E-state index in [0.717, 1.165) is 38.2 Å². The van der Waals surface area contributed by atoms with Crippen LogP contribution in [0.1, 0.15) is 25.7 Å². The van der Waals surface area contributed by atoms with Crippen molar-refractivity contribution in [3.8, 4) is 11.4 Å². The summed E-state index contributed by atoms with van der Waals surface area (Å²) in [5, 5.41) is 7.52. The Hall–Kier alpha value is -1.43. The lowest BCUT2D eigenvalue weighted by molar-refractivity contribution is 0.174. The zero-order chi connectivity index (χ0) is 14.5. The molecule has 2 aromatic rings. The van der Waals surface area contributed by atoms with Crippen molar-refractivity contribution in [3.63, 3.8) is 0 Å². The lowest BCUT2D eigenvalue weighted by Gasteiger charge is -2.26. The number of nitrogens with zero attached hydrogens (tertiary/aromatic N) is 3. The van der Waals surface area contributed by atoms with Crippen LogP contribution in [0, 0.1) is 0 Å². The molecule has 0 aliphatic carbocycles. The van der Waals surface area contributed by atoms with E-state index in [9.17, 15) is 0 Å². The minimum Gasteiger partial charge on any atom is -0.338 e. The first kappa shape index (κ1) is 16.9. The summed E-state index contributed by atoms with van der Waals surface area (Å²) in [5.74, 6) is 1.38. The molecular formula is C16H23ClN4O. The second-order valence-corrected chi connectivity index (χ2v) is 5.49. The monoisotopic (exact) mass is 322 g/mol. The summed E-state index contributed by atoms with van der Waals surface area (Å²) in [4.78, 5) is 6.98. The molecule has 1 saturated heterocycles. The van der Waals surface area contributed by atoms with Crippen molar-refractivity contribution in [1.82, 2.24) is 20.4 Å². The van der Waals surface area contributed by atoms with Gasteiger partial charge in [-0.15, -0.1) is 12.4 Å². The molecule has 2 heterocycles. The Balaban J connectivity index is 0.00000176. The lowest BCUT2D eigenvalue weighted by Crippen LogP contribution is -2.37. The van der Waals surface area contributed by atoms with Crippen molar-refractivity contribution in [1.29, 1.82) is 0 Å². The average molecular weight is 323 g/mol. The molecule has 1 N–H and O–H groups in total. The molecule has 1 fully saturated rings. The molecule has 0 spiro atoms. The van der Waals surface area contributed by atoms with Gasteiger partial charge in [-0.1, -0.05) is 42.4 Å². The Kier molecular flexibility index (Phi) is 6.36. The minimum atomic E-state index is 0. The molecule has 1 atom stereocenters. The smallest absolute Gasteiger partial charge is 0.241 e. The van der Waals surface area contributed by atoms with Crippen LogP contribution in [-0.4, -0.2) is 40.7 Å². The van der Waals surface area contributed by atoms with Gasteiger partial charge in [0.15, 0.2) is 0 Å². The molecule has 1 unspecified atom stereocenters. The molecule has 1 aliphatic rings. The van der Waals surface area contributed by atoms with Crippen LogP contribution in [0.2, 0.25) is 0 Å². The van der Waals surface area contributed by atoms with Crippen molar-refractivity contribution in [2.45, 2.75) is 32.4 Å². The third-order valence-electron chi connectivity index (χ3n) is 3.90. The third kappa shape index (κ3) is 4.06. The van der Waals surface area contributed by atoms with Crippen molar-refractivity contribution in [2.24, 2.45) is 0 Å². The molecule has 0 radical (unpaired) electrons. The molecule has 1 aliphatic heterocycles. The summed E-state index contributed by atoms with van der Waals surface area (Å²) in [6, 6.07) is 10.5. The van der Waals surface area contributed by atoms with E-state index in [2.05, 4.69) is 27.3 Å². The molecule has 0 saturated carbocycles. The van der Waals surface area contributed by atoms with Gasteiger partial charge in [0.05, 0.1) is 6.54 Å². The molecule has 1 aromatic carbocycles. The van der Waals surface area contributed by atoms with Crippen molar-refractivity contribution in [3.05, 3.63) is 36.2 Å². The van der Waals surface area contributed by atoms with Crippen molar-refractivity contribution >= 4 is 12.4 Å². The SMILES string of the molecule is CCCN(Cc1nc(-c2ccccc2)no1)C1CCNC1.Cl. The average Bonchev–Trinajstić information content (AvgIpc) is 3.19. The van der Waals surface area contributed by atoms with Crippen LogP contribution in [0.3, 0.4) is 0 Å². The number of halogens is 1. The van der Waals surface area contributed by atoms with E-state index in [1.165, 1.54) is 6.42 Å². The van der Waals surface area contributed by atoms with E-state index in [4.69, 9.17) is 4.52 Å². The molecule has 3 rings (SSSR count). The fraction of sp³-hybridized carbons (Fsp3) is 0.500. The van der Waals surface area contributed by atoms with Crippen molar-refractivity contribution in [2.75, 3.05) is 19.6 Å². The molecule has 5 nitrogen and oxygen atoms in total. The zero-order valence-corrected chi connectivity index (χ0v) is 13.7. The predicted octanol–water partition coefficient (Wildman–Crippen LogP) is 2.73. The highest BCUT2D eigenvalue weighted by molar-refractivity contribution is 5.85. The molecule has 1 aromatic heterocycles. The van der Waals surface area contributed by atoms with E-state index in [-0.39, 0.29) is 12.4 Å². The molecule has 0 bridgehead atoms. The second kappa shape index (κ2) is 8.27. The maximum atomic E-state index is 5.43. The first-order valence-corrected chi connectivity index (χ1v) is 7.69. The van der Waals surface area contributed by atoms with Crippen molar-refractivity contribution < 1.29 is 4.52 Å². The Morgan fingerprint density at radius 2 is 2.14 bits per heavy atom. The topological polar surface area (TPSA) is 54.2 Å². The molecule has 0 amide bonds. The number of nitrogens with one attached hydrogen (secondary N) is 1. The Bertz CT molecular complexity index is 554. The largest absolute Gasteiger partial charge is 0.338 e. The summed E-state index contributed by atoms with van der Waals surface area (Å²) in [7, 11) is 0. The summed E-state index contributed by atoms with van der Waals surface area (Å²) in [5.41, 5.74) is 0.997. The van der Waals surface area contributed by atoms with E-state index in [0.29, 0.717) is 17.8 Å². The van der Waals surface area contributed by atoms with Crippen LogP contribution in [-0.2, 0) is 6.54 Å². The van der Waals surface area contributed by atoms with Gasteiger partial charge in [0.25, 0.3) is 0 Å². The van der Waals surface area contributed by atoms with Gasteiger partial charge in [-0.3, -0.25) is 4.90 Å². The second-order valence-electron chi connectivity index (χ2n) is 5.49. The van der Waals surface area contributed by atoms with Crippen LogP contribution < -0.4 is 5.32 Å². The maximum Gasteiger partial charge on any atom is 0.241 e. The normalized spacial score (nSPS) is 17.6. The summed E-state index contributed by atoms with van der Waals surface area (Å²) < 4.78 is 5.43. The predicted molar refractivity (Wildman–Crippen MR) is 89.0 cm³/mol. The highest BCUT2D eigenvalue weighted by Gasteiger charge is 2.23. The third-order valence-corrected chi connectivity index (χ3v) is 3.90. The number of hydrogen-bond donors (Lipinski definition) is 1. The zero-order valence-electron chi connectivity index (χ0n) is 12.9. The standard InChI is InChI=1S/C16H22N4O.ClH/c1-2-10-20(14-8-9-17-11-14)12-15-18-16(19-21-15)13-6-4-3-5-7-13;/h3-7,14,17H,2,8-12H2,1H3;1H. The van der Waals surface area contributed by atoms with Gasteiger partial charge in [-0.25, -0.2) is 0 Å². The quantitative estimate of drug-likeness (QED) is 0.886. The van der Waals surface area contributed by atoms with Crippen LogP contribution in [0.15, 0.2) is 34.9 Å². The Morgan fingerprint density at radius 1 is 1.32 bits per heavy atom. The first-order chi connectivity index (χ1) is 10.4. The molecule has 120 valence electrons. The van der Waals surface area contributed by atoms with E-state index < -0.39 is 0 Å². The maximum absolute atomic E-state index is 5.43. The lowest BCUT2D eigenvalue weighted by atomic mass is 10.2. The van der Waals surface area contributed by atoms with Gasteiger partial charge >= 0.3 is 0 Å². The van der Waals surface area contributed by atoms with Crippen LogP contribution in [0.25, 0.3) is 11.4 Å². The number of rotatable bonds is 6. The first-order valence-electron chi connectivity index (χ1n) is 7.69. The fourth-order valence-electron chi connectivity index (χ4n) is 2.83. The Labute approximate surface area is 137 Å². The number of benzene rings is 1. The van der Waals surface area contributed by atoms with Gasteiger partial charge in [-0.05, 0) is 25.9 Å². The number of hydrogen-bond acceptors (Lipinski definition) is 5. The van der Waals surface area contributed by atoms with Crippen LogP contribution in [0.5, 0.6) is 0 Å². The molecular weight excluding hydrogens is 300 g/mol. The van der Waals surface area contributed by atoms with E-state index in [1.807, 2.05) is 30.3 Å². The number of aromatic nitrogens is 2. The fourth-order valence-corrected chi connectivity index (χ4v) is 2.83. The van der Waals surface area contributed by atoms with Crippen LogP contribution in [0.4, 0.5) is 0 Å². The minimum absolute atomic E-state index is 0. The van der Waals surface area contributed by atoms with Gasteiger partial charge in [-0.2, -0.15) is 4.98 Å². The van der Waals surface area contributed by atoms with Crippen LogP contribution >= 0.6 is 12.4 Å². The molecule has 22 heavy (non-hydrogen) atoms. The summed E-state index contributed by atoms with van der Waals surface area (Å²) >= 11 is 0. The highest BCUT2D eigenvalue weighted by Crippen LogP contribution is 2.17. The van der Waals surface area contributed by atoms with E-state index >= 15 is 0 Å².